The lowest BCUT2D eigenvalue weighted by molar-refractivity contribution is 0.0951. The van der Waals surface area contributed by atoms with E-state index in [9.17, 15) is 9.18 Å². The van der Waals surface area contributed by atoms with E-state index < -0.39 is 5.82 Å². The highest BCUT2D eigenvalue weighted by Gasteiger charge is 2.11. The number of nitrogens with one attached hydrogen (secondary N) is 1. The van der Waals surface area contributed by atoms with E-state index in [1.54, 1.807) is 13.1 Å². The average molecular weight is 279 g/mol. The molecule has 4 nitrogen and oxygen atoms in total. The summed E-state index contributed by atoms with van der Waals surface area (Å²) in [5.41, 5.74) is 6.50. The number of carbonyl (C=O) groups excluding carboxylic acids is 1. The molecule has 100 valence electrons. The van der Waals surface area contributed by atoms with Gasteiger partial charge < -0.3 is 11.1 Å². The number of rotatable bonds is 3. The average Bonchev–Trinajstić information content (AvgIpc) is 2.78. The number of halogens is 1. The summed E-state index contributed by atoms with van der Waals surface area (Å²) in [7, 11) is 0. The van der Waals surface area contributed by atoms with Crippen LogP contribution in [0.5, 0.6) is 0 Å². The van der Waals surface area contributed by atoms with E-state index in [4.69, 9.17) is 5.73 Å². The Labute approximate surface area is 114 Å². The number of thiazole rings is 1. The lowest BCUT2D eigenvalue weighted by atomic mass is 10.1. The second-order valence-corrected chi connectivity index (χ2v) is 5.52. The van der Waals surface area contributed by atoms with Crippen molar-refractivity contribution >= 4 is 22.9 Å². The Morgan fingerprint density at radius 2 is 2.21 bits per heavy atom. The van der Waals surface area contributed by atoms with Crippen LogP contribution >= 0.6 is 11.3 Å². The molecule has 0 bridgehead atoms. The van der Waals surface area contributed by atoms with Gasteiger partial charge in [0.15, 0.2) is 0 Å². The molecule has 19 heavy (non-hydrogen) atoms. The first-order chi connectivity index (χ1) is 8.97. The molecule has 0 spiro atoms. The summed E-state index contributed by atoms with van der Waals surface area (Å²) in [6.45, 7) is 3.85. The first-order valence-corrected chi connectivity index (χ1v) is 6.54. The Bertz CT molecular complexity index is 601. The fraction of sp³-hybridized carbons (Fsp3) is 0.231. The standard InChI is InChI=1S/C13H14FN3OS/c1-7-11(14)3-9(4-12(7)15)13(18)17-6-10-5-16-8(2)19-10/h3-5H,6,15H2,1-2H3,(H,17,18). The fourth-order valence-electron chi connectivity index (χ4n) is 1.59. The molecule has 0 aliphatic heterocycles. The van der Waals surface area contributed by atoms with Gasteiger partial charge in [-0.25, -0.2) is 9.37 Å². The predicted octanol–water partition coefficient (Wildman–Crippen LogP) is 2.41. The lowest BCUT2D eigenvalue weighted by Gasteiger charge is -2.07. The smallest absolute Gasteiger partial charge is 0.251 e. The van der Waals surface area contributed by atoms with Crippen LogP contribution in [0.4, 0.5) is 10.1 Å². The van der Waals surface area contributed by atoms with Crippen LogP contribution in [0, 0.1) is 19.7 Å². The molecule has 1 heterocycles. The fourth-order valence-corrected chi connectivity index (χ4v) is 2.32. The van der Waals surface area contributed by atoms with Gasteiger partial charge in [-0.3, -0.25) is 4.79 Å². The summed E-state index contributed by atoms with van der Waals surface area (Å²) in [4.78, 5) is 16.9. The summed E-state index contributed by atoms with van der Waals surface area (Å²) < 4.78 is 13.5. The van der Waals surface area contributed by atoms with Gasteiger partial charge in [-0.05, 0) is 26.0 Å². The molecule has 3 N–H and O–H groups in total. The number of anilines is 1. The van der Waals surface area contributed by atoms with Gasteiger partial charge in [-0.15, -0.1) is 11.3 Å². The first-order valence-electron chi connectivity index (χ1n) is 5.72. The Hall–Kier alpha value is -1.95. The third-order valence-electron chi connectivity index (χ3n) is 2.74. The molecule has 2 aromatic rings. The summed E-state index contributed by atoms with van der Waals surface area (Å²) in [6.07, 6.45) is 1.71. The summed E-state index contributed by atoms with van der Waals surface area (Å²) in [5.74, 6) is -0.824. The van der Waals surface area contributed by atoms with Crippen molar-refractivity contribution < 1.29 is 9.18 Å². The minimum atomic E-state index is -0.473. The molecular formula is C13H14FN3OS. The van der Waals surface area contributed by atoms with Gasteiger partial charge in [-0.1, -0.05) is 0 Å². The largest absolute Gasteiger partial charge is 0.398 e. The highest BCUT2D eigenvalue weighted by atomic mass is 32.1. The number of nitrogen functional groups attached to an aromatic ring is 1. The number of amides is 1. The van der Waals surface area contributed by atoms with E-state index in [2.05, 4.69) is 10.3 Å². The SMILES string of the molecule is Cc1ncc(CNC(=O)c2cc(N)c(C)c(F)c2)s1. The number of nitrogens with two attached hydrogens (primary N) is 1. The predicted molar refractivity (Wildman–Crippen MR) is 73.6 cm³/mol. The molecule has 0 unspecified atom stereocenters. The van der Waals surface area contributed by atoms with Crippen molar-refractivity contribution in [2.75, 3.05) is 5.73 Å². The highest BCUT2D eigenvalue weighted by molar-refractivity contribution is 7.11. The zero-order valence-corrected chi connectivity index (χ0v) is 11.5. The molecule has 0 saturated carbocycles. The van der Waals surface area contributed by atoms with Crippen molar-refractivity contribution in [1.82, 2.24) is 10.3 Å². The third-order valence-corrected chi connectivity index (χ3v) is 3.65. The Morgan fingerprint density at radius 1 is 1.47 bits per heavy atom. The summed E-state index contributed by atoms with van der Waals surface area (Å²) >= 11 is 1.51. The molecule has 1 amide bonds. The van der Waals surface area contributed by atoms with Gasteiger partial charge in [0.1, 0.15) is 5.82 Å². The van der Waals surface area contributed by atoms with Gasteiger partial charge in [0.2, 0.25) is 0 Å². The minimum absolute atomic E-state index is 0.224. The van der Waals surface area contributed by atoms with Crippen LogP contribution < -0.4 is 11.1 Å². The van der Waals surface area contributed by atoms with Gasteiger partial charge in [-0.2, -0.15) is 0 Å². The lowest BCUT2D eigenvalue weighted by Crippen LogP contribution is -2.22. The Balaban J connectivity index is 2.08. The molecule has 0 fully saturated rings. The first kappa shape index (κ1) is 13.5. The zero-order chi connectivity index (χ0) is 14.0. The molecule has 0 radical (unpaired) electrons. The number of hydrogen-bond acceptors (Lipinski definition) is 4. The molecule has 0 aliphatic carbocycles. The van der Waals surface area contributed by atoms with Crippen LogP contribution in [0.25, 0.3) is 0 Å². The van der Waals surface area contributed by atoms with Crippen molar-refractivity contribution in [3.63, 3.8) is 0 Å². The van der Waals surface area contributed by atoms with Gasteiger partial charge in [0, 0.05) is 27.9 Å². The van der Waals surface area contributed by atoms with Crippen LogP contribution in [-0.2, 0) is 6.54 Å². The minimum Gasteiger partial charge on any atom is -0.398 e. The quantitative estimate of drug-likeness (QED) is 0.848. The second-order valence-electron chi connectivity index (χ2n) is 4.20. The van der Waals surface area contributed by atoms with E-state index in [1.165, 1.54) is 23.5 Å². The zero-order valence-electron chi connectivity index (χ0n) is 10.7. The van der Waals surface area contributed by atoms with Crippen molar-refractivity contribution in [3.8, 4) is 0 Å². The molecule has 1 aromatic carbocycles. The Kier molecular flexibility index (Phi) is 3.80. The maximum Gasteiger partial charge on any atom is 0.251 e. The number of aryl methyl sites for hydroxylation is 1. The van der Waals surface area contributed by atoms with Crippen molar-refractivity contribution in [1.29, 1.82) is 0 Å². The topological polar surface area (TPSA) is 68.0 Å². The molecular weight excluding hydrogens is 265 g/mol. The molecule has 0 saturated heterocycles. The third kappa shape index (κ3) is 3.08. The van der Waals surface area contributed by atoms with E-state index in [1.807, 2.05) is 6.92 Å². The maximum atomic E-state index is 13.5. The van der Waals surface area contributed by atoms with Crippen LogP contribution in [0.15, 0.2) is 18.3 Å². The Morgan fingerprint density at radius 3 is 2.79 bits per heavy atom. The summed E-state index contributed by atoms with van der Waals surface area (Å²) in [5, 5.41) is 3.65. The number of carbonyl (C=O) groups is 1. The number of aromatic nitrogens is 1. The molecule has 6 heteroatoms. The van der Waals surface area contributed by atoms with Crippen molar-refractivity contribution in [3.05, 3.63) is 45.2 Å². The number of benzene rings is 1. The van der Waals surface area contributed by atoms with E-state index in [0.717, 1.165) is 9.88 Å². The highest BCUT2D eigenvalue weighted by Crippen LogP contribution is 2.18. The monoisotopic (exact) mass is 279 g/mol. The van der Waals surface area contributed by atoms with Crippen LogP contribution in [-0.4, -0.2) is 10.9 Å². The molecule has 2 rings (SSSR count). The van der Waals surface area contributed by atoms with Crippen molar-refractivity contribution in [2.24, 2.45) is 0 Å². The van der Waals surface area contributed by atoms with Crippen LogP contribution in [0.1, 0.15) is 25.8 Å². The number of nitrogens with zero attached hydrogens (tertiary/aromatic N) is 1. The van der Waals surface area contributed by atoms with E-state index in [0.29, 0.717) is 12.1 Å². The van der Waals surface area contributed by atoms with Gasteiger partial charge in [0.25, 0.3) is 5.91 Å². The van der Waals surface area contributed by atoms with Gasteiger partial charge in [0.05, 0.1) is 11.6 Å². The van der Waals surface area contributed by atoms with Crippen LogP contribution in [0.3, 0.4) is 0 Å². The molecule has 1 aromatic heterocycles. The molecule has 0 atom stereocenters. The normalized spacial score (nSPS) is 10.5. The van der Waals surface area contributed by atoms with E-state index in [-0.39, 0.29) is 17.2 Å². The molecule has 0 aliphatic rings. The van der Waals surface area contributed by atoms with Crippen molar-refractivity contribution in [2.45, 2.75) is 20.4 Å². The van der Waals surface area contributed by atoms with Crippen LogP contribution in [0.2, 0.25) is 0 Å². The second kappa shape index (κ2) is 5.36. The van der Waals surface area contributed by atoms with E-state index >= 15 is 0 Å². The van der Waals surface area contributed by atoms with Gasteiger partial charge >= 0.3 is 0 Å². The maximum absolute atomic E-state index is 13.5. The summed E-state index contributed by atoms with van der Waals surface area (Å²) in [6, 6.07) is 2.67. The number of hydrogen-bond donors (Lipinski definition) is 2.